The summed E-state index contributed by atoms with van der Waals surface area (Å²) in [6, 6.07) is 5.86. The molecule has 76 valence electrons. The van der Waals surface area contributed by atoms with Crippen molar-refractivity contribution in [3.63, 3.8) is 0 Å². The summed E-state index contributed by atoms with van der Waals surface area (Å²) in [5.74, 6) is 0. The van der Waals surface area contributed by atoms with Crippen LogP contribution in [0.2, 0.25) is 0 Å². The van der Waals surface area contributed by atoms with Crippen LogP contribution in [-0.2, 0) is 0 Å². The molecule has 1 aromatic rings. The molecule has 0 aromatic carbocycles. The van der Waals surface area contributed by atoms with E-state index in [1.807, 2.05) is 46.0 Å². The van der Waals surface area contributed by atoms with Crippen molar-refractivity contribution >= 4 is 0 Å². The van der Waals surface area contributed by atoms with Crippen LogP contribution in [0.3, 0.4) is 0 Å². The number of pyridine rings is 1. The Bertz CT molecular complexity index is 159. The van der Waals surface area contributed by atoms with Crippen molar-refractivity contribution in [3.05, 3.63) is 30.1 Å². The van der Waals surface area contributed by atoms with Crippen molar-refractivity contribution in [2.24, 2.45) is 0 Å². The Hall–Kier alpha value is -0.890. The van der Waals surface area contributed by atoms with E-state index >= 15 is 0 Å². The molecule has 0 radical (unpaired) electrons. The number of hydrogen-bond donors (Lipinski definition) is 1. The summed E-state index contributed by atoms with van der Waals surface area (Å²) in [7, 11) is 1.93. The Morgan fingerprint density at radius 2 is 1.85 bits per heavy atom. The molecule has 0 aliphatic heterocycles. The third kappa shape index (κ3) is 14.0. The monoisotopic (exact) mass is 182 g/mol. The third-order valence-corrected chi connectivity index (χ3v) is 1.17. The lowest BCUT2D eigenvalue weighted by atomic mass is 10.4. The van der Waals surface area contributed by atoms with Crippen molar-refractivity contribution in [1.82, 2.24) is 10.3 Å². The van der Waals surface area contributed by atoms with Gasteiger partial charge in [-0.1, -0.05) is 26.8 Å². The topological polar surface area (TPSA) is 24.9 Å². The predicted molar refractivity (Wildman–Crippen MR) is 59.9 cm³/mol. The molecule has 0 unspecified atom stereocenters. The molecule has 1 heterocycles. The lowest BCUT2D eigenvalue weighted by Gasteiger charge is -1.82. The van der Waals surface area contributed by atoms with Crippen LogP contribution in [0.15, 0.2) is 24.4 Å². The second-order valence-corrected chi connectivity index (χ2v) is 2.18. The van der Waals surface area contributed by atoms with Crippen molar-refractivity contribution in [1.29, 1.82) is 0 Å². The highest BCUT2D eigenvalue weighted by molar-refractivity contribution is 4.99. The van der Waals surface area contributed by atoms with Crippen LogP contribution < -0.4 is 5.32 Å². The summed E-state index contributed by atoms with van der Waals surface area (Å²) in [4.78, 5) is 3.98. The summed E-state index contributed by atoms with van der Waals surface area (Å²) in [5, 5.41) is 2.93. The lowest BCUT2D eigenvalue weighted by molar-refractivity contribution is 0.864. The SMILES string of the molecule is CC.CCNC.Cc1ccccn1. The van der Waals surface area contributed by atoms with E-state index in [4.69, 9.17) is 0 Å². The van der Waals surface area contributed by atoms with Crippen LogP contribution >= 0.6 is 0 Å². The molecule has 1 rings (SSSR count). The van der Waals surface area contributed by atoms with Crippen LogP contribution in [0.5, 0.6) is 0 Å². The number of nitrogens with zero attached hydrogens (tertiary/aromatic N) is 1. The van der Waals surface area contributed by atoms with E-state index in [1.54, 1.807) is 6.20 Å². The Balaban J connectivity index is 0. The van der Waals surface area contributed by atoms with Gasteiger partial charge in [0.1, 0.15) is 0 Å². The van der Waals surface area contributed by atoms with Gasteiger partial charge in [0.05, 0.1) is 0 Å². The maximum atomic E-state index is 3.98. The van der Waals surface area contributed by atoms with E-state index in [0.717, 1.165) is 12.2 Å². The first-order valence-corrected chi connectivity index (χ1v) is 4.83. The number of aromatic nitrogens is 1. The zero-order valence-corrected chi connectivity index (χ0v) is 9.46. The number of nitrogens with one attached hydrogen (secondary N) is 1. The Morgan fingerprint density at radius 1 is 1.31 bits per heavy atom. The average molecular weight is 182 g/mol. The van der Waals surface area contributed by atoms with Gasteiger partial charge in [0.2, 0.25) is 0 Å². The second-order valence-electron chi connectivity index (χ2n) is 2.18. The largest absolute Gasteiger partial charge is 0.320 e. The molecule has 0 saturated heterocycles. The molecule has 0 amide bonds. The molecule has 0 aliphatic rings. The van der Waals surface area contributed by atoms with Gasteiger partial charge in [-0.05, 0) is 32.6 Å². The highest BCUT2D eigenvalue weighted by atomic mass is 14.8. The van der Waals surface area contributed by atoms with Crippen LogP contribution in [0.1, 0.15) is 26.5 Å². The van der Waals surface area contributed by atoms with Gasteiger partial charge < -0.3 is 5.32 Å². The van der Waals surface area contributed by atoms with Gasteiger partial charge in [0, 0.05) is 11.9 Å². The first kappa shape index (κ1) is 14.6. The van der Waals surface area contributed by atoms with Gasteiger partial charge in [-0.15, -0.1) is 0 Å². The Kier molecular flexibility index (Phi) is 15.4. The quantitative estimate of drug-likeness (QED) is 0.722. The van der Waals surface area contributed by atoms with Crippen molar-refractivity contribution < 1.29 is 0 Å². The van der Waals surface area contributed by atoms with Gasteiger partial charge >= 0.3 is 0 Å². The summed E-state index contributed by atoms with van der Waals surface area (Å²) < 4.78 is 0. The molecular formula is C11H22N2. The lowest BCUT2D eigenvalue weighted by Crippen LogP contribution is -2.01. The molecule has 0 aliphatic carbocycles. The molecule has 0 spiro atoms. The van der Waals surface area contributed by atoms with Gasteiger partial charge in [0.25, 0.3) is 0 Å². The number of aryl methyl sites for hydroxylation is 1. The fraction of sp³-hybridized carbons (Fsp3) is 0.545. The van der Waals surface area contributed by atoms with E-state index in [1.165, 1.54) is 0 Å². The highest BCUT2D eigenvalue weighted by Gasteiger charge is 1.73. The minimum absolute atomic E-state index is 1.07. The summed E-state index contributed by atoms with van der Waals surface area (Å²) in [6.45, 7) is 9.11. The molecule has 0 atom stereocenters. The fourth-order valence-corrected chi connectivity index (χ4v) is 0.448. The van der Waals surface area contributed by atoms with Gasteiger partial charge in [0.15, 0.2) is 0 Å². The Labute approximate surface area is 82.4 Å². The first-order chi connectivity index (χ1) is 6.31. The summed E-state index contributed by atoms with van der Waals surface area (Å²) >= 11 is 0. The number of hydrogen-bond acceptors (Lipinski definition) is 2. The minimum Gasteiger partial charge on any atom is -0.320 e. The van der Waals surface area contributed by atoms with Gasteiger partial charge in [-0.25, -0.2) is 0 Å². The number of rotatable bonds is 1. The maximum absolute atomic E-state index is 3.98. The molecular weight excluding hydrogens is 160 g/mol. The van der Waals surface area contributed by atoms with E-state index in [-0.39, 0.29) is 0 Å². The molecule has 2 heteroatoms. The zero-order valence-electron chi connectivity index (χ0n) is 9.46. The standard InChI is InChI=1S/C6H7N.C3H9N.C2H6/c1-6-4-2-3-5-7-6;1-3-4-2;1-2/h2-5H,1H3;4H,3H2,1-2H3;1-2H3. The van der Waals surface area contributed by atoms with Crippen molar-refractivity contribution in [2.45, 2.75) is 27.7 Å². The van der Waals surface area contributed by atoms with E-state index in [2.05, 4.69) is 17.2 Å². The van der Waals surface area contributed by atoms with Crippen molar-refractivity contribution in [3.8, 4) is 0 Å². The normalized spacial score (nSPS) is 7.46. The van der Waals surface area contributed by atoms with E-state index in [0.29, 0.717) is 0 Å². The molecule has 0 fully saturated rings. The molecule has 1 aromatic heterocycles. The van der Waals surface area contributed by atoms with Crippen LogP contribution in [-0.4, -0.2) is 18.6 Å². The zero-order chi connectivity index (χ0) is 10.5. The Morgan fingerprint density at radius 3 is 2.00 bits per heavy atom. The molecule has 1 N–H and O–H groups in total. The van der Waals surface area contributed by atoms with Crippen LogP contribution in [0.4, 0.5) is 0 Å². The van der Waals surface area contributed by atoms with E-state index in [9.17, 15) is 0 Å². The van der Waals surface area contributed by atoms with E-state index < -0.39 is 0 Å². The first-order valence-electron chi connectivity index (χ1n) is 4.83. The molecule has 13 heavy (non-hydrogen) atoms. The van der Waals surface area contributed by atoms with Gasteiger partial charge in [-0.3, -0.25) is 4.98 Å². The summed E-state index contributed by atoms with van der Waals surface area (Å²) in [5.41, 5.74) is 1.07. The summed E-state index contributed by atoms with van der Waals surface area (Å²) in [6.07, 6.45) is 1.79. The minimum atomic E-state index is 1.07. The van der Waals surface area contributed by atoms with Crippen molar-refractivity contribution in [2.75, 3.05) is 13.6 Å². The average Bonchev–Trinajstić information content (AvgIpc) is 2.22. The highest BCUT2D eigenvalue weighted by Crippen LogP contribution is 1.85. The van der Waals surface area contributed by atoms with Gasteiger partial charge in [-0.2, -0.15) is 0 Å². The maximum Gasteiger partial charge on any atom is 0.0372 e. The van der Waals surface area contributed by atoms with Crippen LogP contribution in [0.25, 0.3) is 0 Å². The smallest absolute Gasteiger partial charge is 0.0372 e. The predicted octanol–water partition coefficient (Wildman–Crippen LogP) is 2.64. The fourth-order valence-electron chi connectivity index (χ4n) is 0.448. The molecule has 0 bridgehead atoms. The molecule has 0 saturated carbocycles. The second kappa shape index (κ2) is 13.7. The van der Waals surface area contributed by atoms with Crippen LogP contribution in [0, 0.1) is 6.92 Å². The molecule has 2 nitrogen and oxygen atoms in total. The third-order valence-electron chi connectivity index (χ3n) is 1.17.